The molecule has 4 heteroatoms. The van der Waals surface area contributed by atoms with E-state index in [9.17, 15) is 0 Å². The van der Waals surface area contributed by atoms with Gasteiger partial charge in [-0.2, -0.15) is 5.26 Å². The highest BCUT2D eigenvalue weighted by atomic mass is 31.2. The standard InChI is InChI=1S/C8H17N2OP/c1-8(2,3)12(10-4)11-7-5-6-9/h10H,5,7H2,1-4H3. The molecular formula is C8H17N2OP. The van der Waals surface area contributed by atoms with Crippen LogP contribution in [0, 0.1) is 11.3 Å². The van der Waals surface area contributed by atoms with Crippen LogP contribution in [-0.2, 0) is 4.52 Å². The second-order valence-corrected chi connectivity index (χ2v) is 6.07. The van der Waals surface area contributed by atoms with Gasteiger partial charge < -0.3 is 4.52 Å². The van der Waals surface area contributed by atoms with Crippen molar-refractivity contribution < 1.29 is 4.52 Å². The number of hydrogen-bond acceptors (Lipinski definition) is 3. The first kappa shape index (κ1) is 11.8. The molecule has 0 aliphatic rings. The van der Waals surface area contributed by atoms with Gasteiger partial charge in [-0.25, -0.2) is 0 Å². The first-order valence-electron chi connectivity index (χ1n) is 4.00. The normalized spacial score (nSPS) is 13.9. The molecule has 0 fully saturated rings. The Balaban J connectivity index is 3.78. The molecule has 12 heavy (non-hydrogen) atoms. The molecule has 0 aromatic carbocycles. The van der Waals surface area contributed by atoms with Crippen molar-refractivity contribution in [2.75, 3.05) is 13.7 Å². The Morgan fingerprint density at radius 2 is 2.08 bits per heavy atom. The molecule has 1 atom stereocenters. The van der Waals surface area contributed by atoms with Crippen LogP contribution in [-0.4, -0.2) is 18.8 Å². The van der Waals surface area contributed by atoms with Crippen molar-refractivity contribution in [1.29, 1.82) is 5.26 Å². The Bertz CT molecular complexity index is 159. The van der Waals surface area contributed by atoms with Crippen LogP contribution in [0.5, 0.6) is 0 Å². The average Bonchev–Trinajstić information content (AvgIpc) is 1.95. The van der Waals surface area contributed by atoms with Crippen molar-refractivity contribution in [3.05, 3.63) is 0 Å². The smallest absolute Gasteiger partial charge is 0.106 e. The molecular weight excluding hydrogens is 171 g/mol. The van der Waals surface area contributed by atoms with Gasteiger partial charge >= 0.3 is 0 Å². The van der Waals surface area contributed by atoms with Gasteiger partial charge in [-0.05, 0) is 7.05 Å². The lowest BCUT2D eigenvalue weighted by molar-refractivity contribution is 0.345. The minimum atomic E-state index is -0.612. The van der Waals surface area contributed by atoms with E-state index < -0.39 is 8.30 Å². The van der Waals surface area contributed by atoms with Gasteiger partial charge in [0.05, 0.1) is 19.1 Å². The molecule has 0 aromatic heterocycles. The minimum Gasteiger partial charge on any atom is -0.342 e. The monoisotopic (exact) mass is 188 g/mol. The van der Waals surface area contributed by atoms with Crippen molar-refractivity contribution in [1.82, 2.24) is 5.09 Å². The van der Waals surface area contributed by atoms with Crippen LogP contribution in [0.4, 0.5) is 0 Å². The third-order valence-electron chi connectivity index (χ3n) is 1.25. The maximum absolute atomic E-state index is 8.31. The van der Waals surface area contributed by atoms with Crippen LogP contribution >= 0.6 is 8.30 Å². The van der Waals surface area contributed by atoms with E-state index in [1.54, 1.807) is 0 Å². The molecule has 0 aromatic rings. The summed E-state index contributed by atoms with van der Waals surface area (Å²) in [6, 6.07) is 2.06. The van der Waals surface area contributed by atoms with E-state index >= 15 is 0 Å². The van der Waals surface area contributed by atoms with Crippen molar-refractivity contribution in [2.24, 2.45) is 0 Å². The van der Waals surface area contributed by atoms with Crippen molar-refractivity contribution in [3.8, 4) is 6.07 Å². The van der Waals surface area contributed by atoms with Gasteiger partial charge in [0, 0.05) is 5.16 Å². The second-order valence-electron chi connectivity index (χ2n) is 3.43. The van der Waals surface area contributed by atoms with E-state index in [1.165, 1.54) is 0 Å². The maximum atomic E-state index is 8.31. The number of rotatable bonds is 4. The third kappa shape index (κ3) is 4.66. The van der Waals surface area contributed by atoms with Gasteiger partial charge in [0.15, 0.2) is 0 Å². The zero-order valence-corrected chi connectivity index (χ0v) is 9.11. The largest absolute Gasteiger partial charge is 0.342 e. The molecule has 0 heterocycles. The first-order valence-corrected chi connectivity index (χ1v) is 5.26. The van der Waals surface area contributed by atoms with Gasteiger partial charge in [-0.15, -0.1) is 0 Å². The van der Waals surface area contributed by atoms with E-state index in [0.29, 0.717) is 13.0 Å². The lowest BCUT2D eigenvalue weighted by Gasteiger charge is -2.28. The predicted octanol–water partition coefficient (Wildman–Crippen LogP) is 2.25. The predicted molar refractivity (Wildman–Crippen MR) is 51.9 cm³/mol. The van der Waals surface area contributed by atoms with Gasteiger partial charge in [-0.3, -0.25) is 5.09 Å². The van der Waals surface area contributed by atoms with Crippen LogP contribution in [0.15, 0.2) is 0 Å². The summed E-state index contributed by atoms with van der Waals surface area (Å²) >= 11 is 0. The van der Waals surface area contributed by atoms with E-state index in [2.05, 4.69) is 31.9 Å². The first-order chi connectivity index (χ1) is 5.52. The van der Waals surface area contributed by atoms with Crippen LogP contribution < -0.4 is 5.09 Å². The van der Waals surface area contributed by atoms with E-state index in [1.807, 2.05) is 7.05 Å². The van der Waals surface area contributed by atoms with Crippen LogP contribution in [0.3, 0.4) is 0 Å². The topological polar surface area (TPSA) is 45.0 Å². The summed E-state index contributed by atoms with van der Waals surface area (Å²) in [5, 5.41) is 11.6. The molecule has 1 N–H and O–H groups in total. The summed E-state index contributed by atoms with van der Waals surface area (Å²) in [6.07, 6.45) is 0.469. The van der Waals surface area contributed by atoms with Crippen molar-refractivity contribution >= 4 is 8.30 Å². The van der Waals surface area contributed by atoms with E-state index in [-0.39, 0.29) is 5.16 Å². The molecule has 3 nitrogen and oxygen atoms in total. The number of nitriles is 1. The average molecular weight is 188 g/mol. The minimum absolute atomic E-state index is 0.138. The van der Waals surface area contributed by atoms with Crippen LogP contribution in [0.25, 0.3) is 0 Å². The fourth-order valence-corrected chi connectivity index (χ4v) is 2.24. The lowest BCUT2D eigenvalue weighted by atomic mass is 10.3. The Morgan fingerprint density at radius 1 is 1.50 bits per heavy atom. The molecule has 0 bridgehead atoms. The van der Waals surface area contributed by atoms with E-state index in [0.717, 1.165) is 0 Å². The van der Waals surface area contributed by atoms with Gasteiger partial charge in [0.2, 0.25) is 0 Å². The highest BCUT2D eigenvalue weighted by Crippen LogP contribution is 2.45. The zero-order valence-electron chi connectivity index (χ0n) is 8.22. The van der Waals surface area contributed by atoms with Crippen molar-refractivity contribution in [2.45, 2.75) is 32.3 Å². The molecule has 0 radical (unpaired) electrons. The summed E-state index contributed by atoms with van der Waals surface area (Å²) in [5.74, 6) is 0. The summed E-state index contributed by atoms with van der Waals surface area (Å²) in [7, 11) is 1.28. The lowest BCUT2D eigenvalue weighted by Crippen LogP contribution is -2.21. The molecule has 0 saturated carbocycles. The molecule has 0 rings (SSSR count). The Morgan fingerprint density at radius 3 is 2.42 bits per heavy atom. The fourth-order valence-electron chi connectivity index (χ4n) is 0.776. The van der Waals surface area contributed by atoms with Crippen LogP contribution in [0.2, 0.25) is 0 Å². The molecule has 0 amide bonds. The Hall–Kier alpha value is -0.160. The van der Waals surface area contributed by atoms with Gasteiger partial charge in [-0.1, -0.05) is 20.8 Å². The van der Waals surface area contributed by atoms with E-state index in [4.69, 9.17) is 9.79 Å². The molecule has 0 spiro atoms. The quantitative estimate of drug-likeness (QED) is 0.543. The summed E-state index contributed by atoms with van der Waals surface area (Å²) < 4.78 is 5.53. The molecule has 70 valence electrons. The maximum Gasteiger partial charge on any atom is 0.106 e. The number of hydrogen-bond donors (Lipinski definition) is 1. The SMILES string of the molecule is CNP(OCCC#N)C(C)(C)C. The second kappa shape index (κ2) is 5.48. The highest BCUT2D eigenvalue weighted by Gasteiger charge is 2.23. The van der Waals surface area contributed by atoms with Crippen molar-refractivity contribution in [3.63, 3.8) is 0 Å². The molecule has 0 saturated heterocycles. The summed E-state index contributed by atoms with van der Waals surface area (Å²) in [6.45, 7) is 6.91. The van der Waals surface area contributed by atoms with Crippen LogP contribution in [0.1, 0.15) is 27.2 Å². The highest BCUT2D eigenvalue weighted by molar-refractivity contribution is 7.52. The molecule has 0 aliphatic heterocycles. The van der Waals surface area contributed by atoms with Gasteiger partial charge in [0.25, 0.3) is 0 Å². The number of nitrogens with one attached hydrogen (secondary N) is 1. The Labute approximate surface area is 76.0 Å². The summed E-state index contributed by atoms with van der Waals surface area (Å²) in [4.78, 5) is 0. The number of nitrogens with zero attached hydrogens (tertiary/aromatic N) is 1. The Kier molecular flexibility index (Phi) is 5.41. The summed E-state index contributed by atoms with van der Waals surface area (Å²) in [5.41, 5.74) is 0. The van der Waals surface area contributed by atoms with Gasteiger partial charge in [0.1, 0.15) is 8.30 Å². The fraction of sp³-hybridized carbons (Fsp3) is 0.875. The molecule has 0 aliphatic carbocycles. The third-order valence-corrected chi connectivity index (χ3v) is 3.31. The zero-order chi connectivity index (χ0) is 9.61. The molecule has 1 unspecified atom stereocenters.